The van der Waals surface area contributed by atoms with Crippen LogP contribution in [-0.4, -0.2) is 31.4 Å². The Balaban J connectivity index is 2.05. The van der Waals surface area contributed by atoms with Crippen molar-refractivity contribution < 1.29 is 12.3 Å². The number of rotatable bonds is 4. The summed E-state index contributed by atoms with van der Waals surface area (Å²) in [6.45, 7) is 1.54. The van der Waals surface area contributed by atoms with Crippen molar-refractivity contribution >= 4 is 10.0 Å². The molecule has 23 heavy (non-hydrogen) atoms. The van der Waals surface area contributed by atoms with Gasteiger partial charge in [-0.3, -0.25) is 0 Å². The van der Waals surface area contributed by atoms with Gasteiger partial charge >= 0.3 is 10.0 Å². The summed E-state index contributed by atoms with van der Waals surface area (Å²) >= 11 is 0. The predicted octanol–water partition coefficient (Wildman–Crippen LogP) is 2.51. The second-order valence-electron chi connectivity index (χ2n) is 6.30. The van der Waals surface area contributed by atoms with Gasteiger partial charge < -0.3 is 5.73 Å². The Labute approximate surface area is 138 Å². The van der Waals surface area contributed by atoms with E-state index in [9.17, 15) is 8.42 Å². The summed E-state index contributed by atoms with van der Waals surface area (Å²) in [4.78, 5) is 0.380. The van der Waals surface area contributed by atoms with Crippen LogP contribution in [0, 0.1) is 0 Å². The van der Waals surface area contributed by atoms with E-state index in [0.29, 0.717) is 24.5 Å². The fourth-order valence-corrected chi connectivity index (χ4v) is 5.46. The van der Waals surface area contributed by atoms with Crippen LogP contribution in [0.25, 0.3) is 0 Å². The second-order valence-corrected chi connectivity index (χ2v) is 8.49. The largest absolute Gasteiger partial charge is 0.327 e. The lowest BCUT2D eigenvalue weighted by Crippen LogP contribution is -2.60. The minimum Gasteiger partial charge on any atom is -0.323 e. The van der Waals surface area contributed by atoms with Gasteiger partial charge in [0.1, 0.15) is 18.0 Å². The molecule has 122 valence electrons. The van der Waals surface area contributed by atoms with Gasteiger partial charge in [0.15, 0.2) is 0 Å². The van der Waals surface area contributed by atoms with E-state index in [0.717, 1.165) is 18.4 Å². The molecule has 0 saturated carbocycles. The molecular weight excluding hydrogens is 308 g/mol. The van der Waals surface area contributed by atoms with Crippen molar-refractivity contribution in [2.75, 3.05) is 13.1 Å². The molecule has 2 N–H and O–H groups in total. The number of sulfonamides is 1. The molecule has 1 saturated heterocycles. The molecule has 1 heterocycles. The highest BCUT2D eigenvalue weighted by atomic mass is 32.2. The van der Waals surface area contributed by atoms with Crippen molar-refractivity contribution in [3.63, 3.8) is 0 Å². The van der Waals surface area contributed by atoms with Crippen LogP contribution in [0.5, 0.6) is 0 Å². The Hall–Kier alpha value is -1.69. The summed E-state index contributed by atoms with van der Waals surface area (Å²) in [5.41, 5.74) is 7.19. The number of piperidine rings is 1. The molecule has 0 radical (unpaired) electrons. The van der Waals surface area contributed by atoms with Gasteiger partial charge in [0.05, 0.1) is 12.6 Å². The van der Waals surface area contributed by atoms with Gasteiger partial charge in [0, 0.05) is 5.56 Å². The van der Waals surface area contributed by atoms with Crippen LogP contribution in [-0.2, 0) is 16.6 Å². The number of hydrogen-bond donors (Lipinski definition) is 1. The Morgan fingerprint density at radius 2 is 1.61 bits per heavy atom. The first kappa shape index (κ1) is 16.2. The van der Waals surface area contributed by atoms with Crippen LogP contribution in [0.2, 0.25) is 0 Å². The maximum absolute atomic E-state index is 13.4. The Bertz CT molecular complexity index is 747. The van der Waals surface area contributed by atoms with Crippen molar-refractivity contribution in [1.29, 1.82) is 0 Å². The van der Waals surface area contributed by atoms with E-state index in [1.165, 1.54) is 0 Å². The second kappa shape index (κ2) is 6.43. The maximum Gasteiger partial charge on any atom is 0.327 e. The van der Waals surface area contributed by atoms with E-state index >= 15 is 0 Å². The monoisotopic (exact) mass is 331 g/mol. The van der Waals surface area contributed by atoms with E-state index < -0.39 is 10.0 Å². The van der Waals surface area contributed by atoms with Gasteiger partial charge in [0.2, 0.25) is 0 Å². The van der Waals surface area contributed by atoms with Gasteiger partial charge in [-0.15, -0.1) is 0 Å². The first-order valence-electron chi connectivity index (χ1n) is 7.99. The van der Waals surface area contributed by atoms with E-state index in [4.69, 9.17) is 5.73 Å². The molecular formula is C18H23N2O2S+. The lowest BCUT2D eigenvalue weighted by atomic mass is 10.1. The molecule has 0 spiro atoms. The van der Waals surface area contributed by atoms with Gasteiger partial charge in [-0.2, -0.15) is 8.42 Å². The molecule has 2 atom stereocenters. The summed E-state index contributed by atoms with van der Waals surface area (Å²) < 4.78 is 26.8. The number of nitrogens with zero attached hydrogens (tertiary/aromatic N) is 1. The highest BCUT2D eigenvalue weighted by Crippen LogP contribution is 2.31. The zero-order valence-electron chi connectivity index (χ0n) is 13.1. The molecule has 0 bridgehead atoms. The van der Waals surface area contributed by atoms with E-state index in [1.807, 2.05) is 36.4 Å². The van der Waals surface area contributed by atoms with Crippen LogP contribution in [0.3, 0.4) is 0 Å². The standard InChI is InChI=1S/C18H23N2O2S/c19-17-10-7-13-20(15-17,14-16-8-3-1-4-9-16)23(21,22)18-11-5-2-6-12-18/h1-6,8-9,11-12,17H,7,10,13-15,19H2/q+1. The highest BCUT2D eigenvalue weighted by Gasteiger charge is 2.46. The summed E-state index contributed by atoms with van der Waals surface area (Å²) in [7, 11) is -3.50. The molecule has 1 fully saturated rings. The lowest BCUT2D eigenvalue weighted by molar-refractivity contribution is -0.826. The van der Waals surface area contributed by atoms with Crippen molar-refractivity contribution in [2.45, 2.75) is 30.3 Å². The van der Waals surface area contributed by atoms with Crippen molar-refractivity contribution in [1.82, 2.24) is 0 Å². The number of nitrogens with two attached hydrogens (primary N) is 1. The van der Waals surface area contributed by atoms with Crippen molar-refractivity contribution in [3.8, 4) is 0 Å². The molecule has 1 aliphatic rings. The minimum absolute atomic E-state index is 0.0161. The number of benzene rings is 2. The summed E-state index contributed by atoms with van der Waals surface area (Å²) in [6, 6.07) is 18.5. The Morgan fingerprint density at radius 1 is 1.00 bits per heavy atom. The highest BCUT2D eigenvalue weighted by molar-refractivity contribution is 7.86. The van der Waals surface area contributed by atoms with E-state index in [1.54, 1.807) is 24.3 Å². The fraction of sp³-hybridized carbons (Fsp3) is 0.333. The van der Waals surface area contributed by atoms with Gasteiger partial charge in [0.25, 0.3) is 0 Å². The molecule has 2 unspecified atom stereocenters. The smallest absolute Gasteiger partial charge is 0.323 e. The summed E-state index contributed by atoms with van der Waals surface area (Å²) in [5.74, 6) is 0. The Morgan fingerprint density at radius 3 is 2.22 bits per heavy atom. The number of hydrogen-bond acceptors (Lipinski definition) is 3. The first-order chi connectivity index (χ1) is 11.0. The lowest BCUT2D eigenvalue weighted by Gasteiger charge is -2.41. The molecule has 1 aliphatic heterocycles. The first-order valence-corrected chi connectivity index (χ1v) is 9.43. The van der Waals surface area contributed by atoms with Crippen molar-refractivity contribution in [3.05, 3.63) is 66.2 Å². The van der Waals surface area contributed by atoms with Gasteiger partial charge in [-0.1, -0.05) is 48.5 Å². The molecule has 5 heteroatoms. The summed E-state index contributed by atoms with van der Waals surface area (Å²) in [5, 5.41) is 0. The van der Waals surface area contributed by atoms with Gasteiger partial charge in [-0.05, 0) is 25.0 Å². The van der Waals surface area contributed by atoms with Crippen molar-refractivity contribution in [2.24, 2.45) is 5.73 Å². The minimum atomic E-state index is -3.50. The SMILES string of the molecule is NC1CCC[N+](Cc2ccccc2)(S(=O)(=O)c2ccccc2)C1. The average Bonchev–Trinajstić information content (AvgIpc) is 2.56. The number of quaternary nitrogens is 1. The third kappa shape index (κ3) is 3.17. The third-order valence-corrected chi connectivity index (χ3v) is 6.92. The maximum atomic E-state index is 13.4. The van der Waals surface area contributed by atoms with Crippen LogP contribution in [0.1, 0.15) is 18.4 Å². The Kier molecular flexibility index (Phi) is 4.53. The normalized spacial score (nSPS) is 25.2. The zero-order valence-corrected chi connectivity index (χ0v) is 14.0. The zero-order chi connectivity index (χ0) is 16.3. The molecule has 0 aromatic heterocycles. The third-order valence-electron chi connectivity index (χ3n) is 4.57. The van der Waals surface area contributed by atoms with E-state index in [2.05, 4.69) is 0 Å². The van der Waals surface area contributed by atoms with E-state index in [-0.39, 0.29) is 9.93 Å². The quantitative estimate of drug-likeness (QED) is 0.876. The van der Waals surface area contributed by atoms with Crippen LogP contribution in [0.4, 0.5) is 0 Å². The molecule has 2 aromatic carbocycles. The average molecular weight is 331 g/mol. The molecule has 4 nitrogen and oxygen atoms in total. The molecule has 3 rings (SSSR count). The molecule has 0 aliphatic carbocycles. The van der Waals surface area contributed by atoms with Crippen LogP contribution < -0.4 is 5.73 Å². The predicted molar refractivity (Wildman–Crippen MR) is 91.0 cm³/mol. The fourth-order valence-electron chi connectivity index (χ4n) is 3.43. The van der Waals surface area contributed by atoms with Crippen LogP contribution >= 0.6 is 0 Å². The molecule has 0 amide bonds. The number of likely N-dealkylation sites (tertiary alicyclic amines) is 1. The van der Waals surface area contributed by atoms with Gasteiger partial charge in [-0.25, -0.2) is 3.89 Å². The summed E-state index contributed by atoms with van der Waals surface area (Å²) in [6.07, 6.45) is 1.72. The molecule has 2 aromatic rings. The van der Waals surface area contributed by atoms with Crippen LogP contribution in [0.15, 0.2) is 65.6 Å². The topological polar surface area (TPSA) is 60.2 Å².